The van der Waals surface area contributed by atoms with Gasteiger partial charge in [-0.3, -0.25) is 9.89 Å². The van der Waals surface area contributed by atoms with Crippen LogP contribution < -0.4 is 10.6 Å². The molecule has 1 aliphatic heterocycles. The minimum Gasteiger partial charge on any atom is -0.375 e. The number of benzene rings is 1. The van der Waals surface area contributed by atoms with Gasteiger partial charge in [0.15, 0.2) is 5.96 Å². The molecule has 0 amide bonds. The Bertz CT molecular complexity index is 484. The molecule has 142 valence electrons. The number of likely N-dealkylation sites (N-methyl/N-ethyl adjacent to an activating group) is 1. The van der Waals surface area contributed by atoms with E-state index in [1.807, 2.05) is 18.2 Å². The van der Waals surface area contributed by atoms with Gasteiger partial charge < -0.3 is 15.4 Å². The number of nitrogens with one attached hydrogen (secondary N) is 2. The predicted molar refractivity (Wildman–Crippen MR) is 116 cm³/mol. The molecule has 2 N–H and O–H groups in total. The molecule has 0 bridgehead atoms. The topological polar surface area (TPSA) is 48.9 Å². The Labute approximate surface area is 169 Å². The summed E-state index contributed by atoms with van der Waals surface area (Å²) in [5.41, 5.74) is 1.21. The van der Waals surface area contributed by atoms with E-state index in [4.69, 9.17) is 9.73 Å². The van der Waals surface area contributed by atoms with E-state index in [0.717, 1.165) is 32.1 Å². The smallest absolute Gasteiger partial charge is 0.191 e. The molecule has 1 heterocycles. The first kappa shape index (κ1) is 22.2. The van der Waals surface area contributed by atoms with E-state index in [1.54, 1.807) is 0 Å². The summed E-state index contributed by atoms with van der Waals surface area (Å²) < 4.78 is 5.71. The number of hydrogen-bond acceptors (Lipinski definition) is 3. The van der Waals surface area contributed by atoms with E-state index < -0.39 is 0 Å². The van der Waals surface area contributed by atoms with Gasteiger partial charge in [0.05, 0.1) is 19.8 Å². The molecule has 2 rings (SSSR count). The summed E-state index contributed by atoms with van der Waals surface area (Å²) in [5, 5.41) is 6.67. The van der Waals surface area contributed by atoms with Gasteiger partial charge in [0.2, 0.25) is 0 Å². The van der Waals surface area contributed by atoms with E-state index in [2.05, 4.69) is 41.5 Å². The van der Waals surface area contributed by atoms with Crippen molar-refractivity contribution < 1.29 is 4.74 Å². The van der Waals surface area contributed by atoms with Crippen LogP contribution in [0.5, 0.6) is 0 Å². The second-order valence-corrected chi connectivity index (χ2v) is 6.11. The summed E-state index contributed by atoms with van der Waals surface area (Å²) in [4.78, 5) is 7.27. The molecule has 6 heteroatoms. The fourth-order valence-electron chi connectivity index (χ4n) is 3.06. The molecular weight excluding hydrogens is 427 g/mol. The second-order valence-electron chi connectivity index (χ2n) is 6.11. The van der Waals surface area contributed by atoms with Crippen molar-refractivity contribution in [3.8, 4) is 0 Å². The quantitative estimate of drug-likeness (QED) is 0.258. The van der Waals surface area contributed by atoms with Gasteiger partial charge in [-0.1, -0.05) is 37.3 Å². The molecular formula is C19H33IN4O. The number of ether oxygens (including phenoxy) is 1. The summed E-state index contributed by atoms with van der Waals surface area (Å²) >= 11 is 0. The Morgan fingerprint density at radius 1 is 1.24 bits per heavy atom. The molecule has 1 saturated heterocycles. The van der Waals surface area contributed by atoms with Gasteiger partial charge >= 0.3 is 0 Å². The van der Waals surface area contributed by atoms with Crippen molar-refractivity contribution in [2.75, 3.05) is 39.3 Å². The lowest BCUT2D eigenvalue weighted by molar-refractivity contribution is 0.125. The molecule has 0 radical (unpaired) electrons. The highest BCUT2D eigenvalue weighted by atomic mass is 127. The van der Waals surface area contributed by atoms with Crippen LogP contribution in [0.4, 0.5) is 0 Å². The van der Waals surface area contributed by atoms with Crippen molar-refractivity contribution in [3.05, 3.63) is 35.9 Å². The van der Waals surface area contributed by atoms with Crippen LogP contribution in [0.3, 0.4) is 0 Å². The SMILES string of the molecule is CCNC(=NCC1CCCN1CC)NCCOCc1ccccc1.I. The molecule has 1 fully saturated rings. The zero-order valence-electron chi connectivity index (χ0n) is 15.5. The molecule has 0 saturated carbocycles. The highest BCUT2D eigenvalue weighted by Gasteiger charge is 2.22. The number of nitrogens with zero attached hydrogens (tertiary/aromatic N) is 2. The molecule has 1 aliphatic rings. The Morgan fingerprint density at radius 2 is 2.04 bits per heavy atom. The number of guanidine groups is 1. The maximum Gasteiger partial charge on any atom is 0.191 e. The first-order chi connectivity index (χ1) is 11.8. The van der Waals surface area contributed by atoms with E-state index in [1.165, 1.54) is 24.9 Å². The number of likely N-dealkylation sites (tertiary alicyclic amines) is 1. The molecule has 0 spiro atoms. The summed E-state index contributed by atoms with van der Waals surface area (Å²) in [6.45, 7) is 10.5. The maximum atomic E-state index is 5.71. The van der Waals surface area contributed by atoms with E-state index in [0.29, 0.717) is 19.3 Å². The van der Waals surface area contributed by atoms with Crippen LogP contribution in [0, 0.1) is 0 Å². The zero-order valence-corrected chi connectivity index (χ0v) is 17.9. The van der Waals surface area contributed by atoms with Crippen LogP contribution in [0.15, 0.2) is 35.3 Å². The number of hydrogen-bond donors (Lipinski definition) is 2. The van der Waals surface area contributed by atoms with Crippen LogP contribution >= 0.6 is 24.0 Å². The lowest BCUT2D eigenvalue weighted by atomic mass is 10.2. The molecule has 0 aliphatic carbocycles. The number of halogens is 1. The van der Waals surface area contributed by atoms with Crippen molar-refractivity contribution in [2.24, 2.45) is 4.99 Å². The van der Waals surface area contributed by atoms with Crippen molar-refractivity contribution >= 4 is 29.9 Å². The van der Waals surface area contributed by atoms with Gasteiger partial charge in [0.25, 0.3) is 0 Å². The lowest BCUT2D eigenvalue weighted by Gasteiger charge is -2.21. The minimum atomic E-state index is 0. The Balaban J connectivity index is 0.00000312. The molecule has 5 nitrogen and oxygen atoms in total. The van der Waals surface area contributed by atoms with Crippen LogP contribution in [-0.2, 0) is 11.3 Å². The average molecular weight is 460 g/mol. The van der Waals surface area contributed by atoms with Crippen molar-refractivity contribution in [1.29, 1.82) is 0 Å². The van der Waals surface area contributed by atoms with Crippen molar-refractivity contribution in [2.45, 2.75) is 39.3 Å². The van der Waals surface area contributed by atoms with Gasteiger partial charge in [-0.25, -0.2) is 0 Å². The largest absolute Gasteiger partial charge is 0.375 e. The highest BCUT2D eigenvalue weighted by molar-refractivity contribution is 14.0. The molecule has 25 heavy (non-hydrogen) atoms. The van der Waals surface area contributed by atoms with Gasteiger partial charge in [-0.15, -0.1) is 24.0 Å². The molecule has 1 unspecified atom stereocenters. The summed E-state index contributed by atoms with van der Waals surface area (Å²) in [5.74, 6) is 0.892. The maximum absolute atomic E-state index is 5.71. The highest BCUT2D eigenvalue weighted by Crippen LogP contribution is 2.16. The standard InChI is InChI=1S/C19H32N4O.HI/c1-3-20-19(22-15-18-11-8-13-23(18)4-2)21-12-14-24-16-17-9-6-5-7-10-17;/h5-7,9-10,18H,3-4,8,11-16H2,1-2H3,(H2,20,21,22);1H. The van der Waals surface area contributed by atoms with Gasteiger partial charge in [-0.05, 0) is 38.4 Å². The van der Waals surface area contributed by atoms with Crippen LogP contribution in [0.2, 0.25) is 0 Å². The van der Waals surface area contributed by atoms with Crippen LogP contribution in [-0.4, -0.2) is 56.2 Å². The Morgan fingerprint density at radius 3 is 2.76 bits per heavy atom. The fraction of sp³-hybridized carbons (Fsp3) is 0.632. The Kier molecular flexibility index (Phi) is 11.9. The zero-order chi connectivity index (χ0) is 17.0. The molecule has 1 aromatic rings. The third-order valence-electron chi connectivity index (χ3n) is 4.36. The van der Waals surface area contributed by atoms with E-state index >= 15 is 0 Å². The number of aliphatic imine (C=N–C) groups is 1. The van der Waals surface area contributed by atoms with Gasteiger partial charge in [-0.2, -0.15) is 0 Å². The average Bonchev–Trinajstić information content (AvgIpc) is 3.07. The molecule has 0 aromatic heterocycles. The van der Waals surface area contributed by atoms with Crippen molar-refractivity contribution in [3.63, 3.8) is 0 Å². The van der Waals surface area contributed by atoms with Crippen LogP contribution in [0.25, 0.3) is 0 Å². The van der Waals surface area contributed by atoms with Crippen LogP contribution in [0.1, 0.15) is 32.3 Å². The second kappa shape index (κ2) is 13.4. The third kappa shape index (κ3) is 8.37. The minimum absolute atomic E-state index is 0. The van der Waals surface area contributed by atoms with E-state index in [-0.39, 0.29) is 24.0 Å². The lowest BCUT2D eigenvalue weighted by Crippen LogP contribution is -2.40. The summed E-state index contributed by atoms with van der Waals surface area (Å²) in [6, 6.07) is 10.9. The first-order valence-corrected chi connectivity index (χ1v) is 9.21. The van der Waals surface area contributed by atoms with E-state index in [9.17, 15) is 0 Å². The molecule has 1 atom stereocenters. The number of rotatable bonds is 9. The Hall–Kier alpha value is -0.860. The normalized spacial score (nSPS) is 18.0. The summed E-state index contributed by atoms with van der Waals surface area (Å²) in [6.07, 6.45) is 2.56. The van der Waals surface area contributed by atoms with Crippen molar-refractivity contribution in [1.82, 2.24) is 15.5 Å². The summed E-state index contributed by atoms with van der Waals surface area (Å²) in [7, 11) is 0. The first-order valence-electron chi connectivity index (χ1n) is 9.21. The van der Waals surface area contributed by atoms with Gasteiger partial charge in [0.1, 0.15) is 0 Å². The predicted octanol–water partition coefficient (Wildman–Crippen LogP) is 2.86. The fourth-order valence-corrected chi connectivity index (χ4v) is 3.06. The third-order valence-corrected chi connectivity index (χ3v) is 4.36. The molecule has 1 aromatic carbocycles. The van der Waals surface area contributed by atoms with Gasteiger partial charge in [0, 0.05) is 19.1 Å². The monoisotopic (exact) mass is 460 g/mol.